The minimum atomic E-state index is -1.17. The molecule has 0 aliphatic heterocycles. The number of aromatic nitrogens is 1. The summed E-state index contributed by atoms with van der Waals surface area (Å²) in [5, 5.41) is 15.1. The summed E-state index contributed by atoms with van der Waals surface area (Å²) in [6, 6.07) is 13.9. The van der Waals surface area contributed by atoms with Gasteiger partial charge >= 0.3 is 5.97 Å². The van der Waals surface area contributed by atoms with Crippen LogP contribution in [0.25, 0.3) is 0 Å². The van der Waals surface area contributed by atoms with Gasteiger partial charge < -0.3 is 15.7 Å². The summed E-state index contributed by atoms with van der Waals surface area (Å²) < 4.78 is 26.7. The third-order valence-electron chi connectivity index (χ3n) is 3.63. The van der Waals surface area contributed by atoms with Crippen molar-refractivity contribution < 1.29 is 18.7 Å². The van der Waals surface area contributed by atoms with Crippen LogP contribution < -0.4 is 10.6 Å². The fourth-order valence-electron chi connectivity index (χ4n) is 2.37. The first-order chi connectivity index (χ1) is 12.5. The van der Waals surface area contributed by atoms with Crippen LogP contribution in [0.5, 0.6) is 0 Å². The van der Waals surface area contributed by atoms with E-state index in [0.29, 0.717) is 6.54 Å². The molecule has 0 spiro atoms. The molecule has 0 fully saturated rings. The van der Waals surface area contributed by atoms with E-state index in [-0.39, 0.29) is 22.8 Å². The first kappa shape index (κ1) is 17.3. The third-order valence-corrected chi connectivity index (χ3v) is 3.63. The van der Waals surface area contributed by atoms with Crippen LogP contribution in [0.15, 0.2) is 60.8 Å². The summed E-state index contributed by atoms with van der Waals surface area (Å²) in [5.41, 5.74) is 1.21. The molecule has 0 bridgehead atoms. The molecular formula is C19H15F2N3O2. The summed E-state index contributed by atoms with van der Waals surface area (Å²) in [5.74, 6) is -2.45. The highest BCUT2D eigenvalue weighted by atomic mass is 19.1. The van der Waals surface area contributed by atoms with Crippen molar-refractivity contribution in [2.75, 3.05) is 10.6 Å². The number of benzene rings is 2. The van der Waals surface area contributed by atoms with Gasteiger partial charge in [-0.15, -0.1) is 0 Å². The molecule has 3 rings (SSSR count). The molecule has 132 valence electrons. The molecule has 0 atom stereocenters. The maximum absolute atomic E-state index is 13.7. The molecular weight excluding hydrogens is 340 g/mol. The van der Waals surface area contributed by atoms with Crippen molar-refractivity contribution in [3.8, 4) is 0 Å². The van der Waals surface area contributed by atoms with Crippen molar-refractivity contribution >= 4 is 23.2 Å². The Morgan fingerprint density at radius 1 is 1.08 bits per heavy atom. The number of nitrogens with zero attached hydrogens (tertiary/aromatic N) is 1. The van der Waals surface area contributed by atoms with Crippen LogP contribution in [0.3, 0.4) is 0 Å². The predicted molar refractivity (Wildman–Crippen MR) is 94.6 cm³/mol. The van der Waals surface area contributed by atoms with E-state index in [4.69, 9.17) is 0 Å². The molecule has 1 heterocycles. The molecule has 0 amide bonds. The Morgan fingerprint density at radius 3 is 2.54 bits per heavy atom. The van der Waals surface area contributed by atoms with Crippen LogP contribution in [-0.2, 0) is 6.54 Å². The van der Waals surface area contributed by atoms with Crippen LogP contribution in [0.1, 0.15) is 15.9 Å². The Bertz CT molecular complexity index is 933. The van der Waals surface area contributed by atoms with Gasteiger partial charge in [0.15, 0.2) is 0 Å². The zero-order valence-corrected chi connectivity index (χ0v) is 13.5. The van der Waals surface area contributed by atoms with Gasteiger partial charge in [-0.25, -0.2) is 18.6 Å². The summed E-state index contributed by atoms with van der Waals surface area (Å²) in [7, 11) is 0. The molecule has 2 aromatic carbocycles. The summed E-state index contributed by atoms with van der Waals surface area (Å²) >= 11 is 0. The van der Waals surface area contributed by atoms with E-state index in [0.717, 1.165) is 17.7 Å². The average molecular weight is 355 g/mol. The number of aromatic carboxylic acids is 1. The summed E-state index contributed by atoms with van der Waals surface area (Å²) in [4.78, 5) is 15.6. The number of halogens is 2. The van der Waals surface area contributed by atoms with E-state index in [1.165, 1.54) is 18.3 Å². The van der Waals surface area contributed by atoms with Gasteiger partial charge in [0.25, 0.3) is 0 Å². The minimum absolute atomic E-state index is 0.0227. The van der Waals surface area contributed by atoms with Crippen LogP contribution >= 0.6 is 0 Å². The normalized spacial score (nSPS) is 10.4. The Labute approximate surface area is 148 Å². The molecule has 0 unspecified atom stereocenters. The maximum Gasteiger partial charge on any atom is 0.339 e. The van der Waals surface area contributed by atoms with Gasteiger partial charge in [-0.05, 0) is 23.8 Å². The molecule has 0 radical (unpaired) electrons. The fraction of sp³-hybridized carbons (Fsp3) is 0.0526. The van der Waals surface area contributed by atoms with Gasteiger partial charge in [0, 0.05) is 12.6 Å². The molecule has 0 aliphatic carbocycles. The van der Waals surface area contributed by atoms with Crippen molar-refractivity contribution in [1.82, 2.24) is 4.98 Å². The molecule has 3 N–H and O–H groups in total. The van der Waals surface area contributed by atoms with Gasteiger partial charge in [0.1, 0.15) is 23.0 Å². The first-order valence-corrected chi connectivity index (χ1v) is 7.76. The molecule has 7 heteroatoms. The average Bonchev–Trinajstić information content (AvgIpc) is 2.63. The van der Waals surface area contributed by atoms with Gasteiger partial charge in [-0.3, -0.25) is 0 Å². The number of hydrogen-bond donors (Lipinski definition) is 3. The SMILES string of the molecule is O=C(O)c1cc(Nc2ccc(F)cc2F)cnc1NCc1ccccc1. The number of carboxylic acids is 1. The Morgan fingerprint density at radius 2 is 1.85 bits per heavy atom. The van der Waals surface area contributed by atoms with Crippen molar-refractivity contribution in [1.29, 1.82) is 0 Å². The van der Waals surface area contributed by atoms with Crippen LogP contribution in [0.4, 0.5) is 26.0 Å². The second-order valence-electron chi connectivity index (χ2n) is 5.51. The van der Waals surface area contributed by atoms with E-state index >= 15 is 0 Å². The highest BCUT2D eigenvalue weighted by molar-refractivity contribution is 5.94. The third kappa shape index (κ3) is 4.13. The van der Waals surface area contributed by atoms with Gasteiger partial charge in [-0.1, -0.05) is 30.3 Å². The molecule has 3 aromatic rings. The van der Waals surface area contributed by atoms with Crippen LogP contribution in [-0.4, -0.2) is 16.1 Å². The zero-order chi connectivity index (χ0) is 18.5. The molecule has 1 aromatic heterocycles. The largest absolute Gasteiger partial charge is 0.478 e. The lowest BCUT2D eigenvalue weighted by atomic mass is 10.2. The maximum atomic E-state index is 13.7. The predicted octanol–water partition coefficient (Wildman–Crippen LogP) is 4.41. The zero-order valence-electron chi connectivity index (χ0n) is 13.5. The van der Waals surface area contributed by atoms with E-state index in [2.05, 4.69) is 15.6 Å². The highest BCUT2D eigenvalue weighted by Crippen LogP contribution is 2.24. The fourth-order valence-corrected chi connectivity index (χ4v) is 2.37. The van der Waals surface area contributed by atoms with Crippen molar-refractivity contribution in [3.05, 3.63) is 83.6 Å². The van der Waals surface area contributed by atoms with Crippen LogP contribution in [0.2, 0.25) is 0 Å². The quantitative estimate of drug-likeness (QED) is 0.611. The molecule has 26 heavy (non-hydrogen) atoms. The molecule has 0 saturated heterocycles. The minimum Gasteiger partial charge on any atom is -0.478 e. The van der Waals surface area contributed by atoms with Gasteiger partial charge in [0.05, 0.1) is 17.6 Å². The lowest BCUT2D eigenvalue weighted by Crippen LogP contribution is -2.09. The molecule has 5 nitrogen and oxygen atoms in total. The first-order valence-electron chi connectivity index (χ1n) is 7.76. The monoisotopic (exact) mass is 355 g/mol. The Hall–Kier alpha value is -3.48. The Balaban J connectivity index is 1.81. The second kappa shape index (κ2) is 7.60. The smallest absolute Gasteiger partial charge is 0.339 e. The van der Waals surface area contributed by atoms with Crippen molar-refractivity contribution in [2.24, 2.45) is 0 Å². The lowest BCUT2D eigenvalue weighted by Gasteiger charge is -2.12. The topological polar surface area (TPSA) is 74.2 Å². The van der Waals surface area contributed by atoms with Crippen molar-refractivity contribution in [2.45, 2.75) is 6.54 Å². The second-order valence-corrected chi connectivity index (χ2v) is 5.51. The standard InChI is InChI=1S/C19H15F2N3O2/c20-13-6-7-17(16(21)8-13)24-14-9-15(19(25)26)18(23-11-14)22-10-12-4-2-1-3-5-12/h1-9,11,24H,10H2,(H,22,23)(H,25,26). The molecule has 0 aliphatic rings. The van der Waals surface area contributed by atoms with E-state index in [1.54, 1.807) is 0 Å². The van der Waals surface area contributed by atoms with Gasteiger partial charge in [0.2, 0.25) is 0 Å². The summed E-state index contributed by atoms with van der Waals surface area (Å²) in [6.07, 6.45) is 1.38. The highest BCUT2D eigenvalue weighted by Gasteiger charge is 2.13. The number of anilines is 3. The van der Waals surface area contributed by atoms with Gasteiger partial charge in [-0.2, -0.15) is 0 Å². The lowest BCUT2D eigenvalue weighted by molar-refractivity contribution is 0.0697. The number of nitrogens with one attached hydrogen (secondary N) is 2. The summed E-state index contributed by atoms with van der Waals surface area (Å²) in [6.45, 7) is 0.410. The molecule has 0 saturated carbocycles. The van der Waals surface area contributed by atoms with E-state index < -0.39 is 17.6 Å². The number of pyridine rings is 1. The van der Waals surface area contributed by atoms with E-state index in [1.807, 2.05) is 30.3 Å². The van der Waals surface area contributed by atoms with E-state index in [9.17, 15) is 18.7 Å². The Kier molecular flexibility index (Phi) is 5.07. The number of hydrogen-bond acceptors (Lipinski definition) is 4. The number of carbonyl (C=O) groups is 1. The number of carboxylic acid groups (broad SMARTS) is 1. The van der Waals surface area contributed by atoms with Crippen molar-refractivity contribution in [3.63, 3.8) is 0 Å². The van der Waals surface area contributed by atoms with Crippen LogP contribution in [0, 0.1) is 11.6 Å². The number of rotatable bonds is 6.